The van der Waals surface area contributed by atoms with E-state index in [1.165, 1.54) is 19.3 Å². The van der Waals surface area contributed by atoms with Gasteiger partial charge in [0.2, 0.25) is 0 Å². The molecule has 0 N–H and O–H groups in total. The van der Waals surface area contributed by atoms with Crippen LogP contribution in [0.3, 0.4) is 0 Å². The van der Waals surface area contributed by atoms with Crippen LogP contribution in [0.1, 0.15) is 44.0 Å². The number of carbonyl (C=O) groups excluding carboxylic acids is 1. The van der Waals surface area contributed by atoms with Crippen molar-refractivity contribution in [3.05, 3.63) is 16.4 Å². The van der Waals surface area contributed by atoms with Gasteiger partial charge in [-0.25, -0.2) is 0 Å². The molecule has 0 amide bonds. The number of nitrogens with zero attached hydrogens (tertiary/aromatic N) is 2. The Bertz CT molecular complexity index is 421. The van der Waals surface area contributed by atoms with E-state index in [0.717, 1.165) is 17.8 Å². The second kappa shape index (κ2) is 5.21. The van der Waals surface area contributed by atoms with Gasteiger partial charge in [0.15, 0.2) is 0 Å². The molecule has 0 unspecified atom stereocenters. The summed E-state index contributed by atoms with van der Waals surface area (Å²) in [5.74, 6) is 0.919. The van der Waals surface area contributed by atoms with Gasteiger partial charge in [0.25, 0.3) is 0 Å². The zero-order valence-corrected chi connectivity index (χ0v) is 11.3. The number of ketones is 1. The van der Waals surface area contributed by atoms with Crippen molar-refractivity contribution in [2.75, 3.05) is 0 Å². The van der Waals surface area contributed by atoms with Gasteiger partial charge in [0, 0.05) is 19.9 Å². The quantitative estimate of drug-likeness (QED) is 0.810. The van der Waals surface area contributed by atoms with E-state index in [9.17, 15) is 4.79 Å². The predicted molar refractivity (Wildman–Crippen MR) is 68.3 cm³/mol. The van der Waals surface area contributed by atoms with Gasteiger partial charge < -0.3 is 0 Å². The van der Waals surface area contributed by atoms with Crippen molar-refractivity contribution in [3.8, 4) is 0 Å². The van der Waals surface area contributed by atoms with Crippen molar-refractivity contribution in [2.45, 2.75) is 45.4 Å². The highest BCUT2D eigenvalue weighted by atomic mass is 35.5. The Kier molecular flexibility index (Phi) is 3.87. The van der Waals surface area contributed by atoms with Gasteiger partial charge in [-0.2, -0.15) is 5.10 Å². The average Bonchev–Trinajstić information content (AvgIpc) is 2.51. The van der Waals surface area contributed by atoms with Gasteiger partial charge >= 0.3 is 0 Å². The number of aryl methyl sites for hydroxylation is 2. The molecule has 0 spiro atoms. The van der Waals surface area contributed by atoms with E-state index in [1.54, 1.807) is 4.68 Å². The first-order chi connectivity index (χ1) is 8.11. The maximum Gasteiger partial charge on any atom is 0.139 e. The van der Waals surface area contributed by atoms with E-state index in [1.807, 2.05) is 14.0 Å². The Morgan fingerprint density at radius 3 is 2.71 bits per heavy atom. The lowest BCUT2D eigenvalue weighted by Gasteiger charge is -2.24. The summed E-state index contributed by atoms with van der Waals surface area (Å²) < 4.78 is 1.75. The third-order valence-corrected chi connectivity index (χ3v) is 4.04. The lowest BCUT2D eigenvalue weighted by atomic mass is 9.81. The molecule has 1 aliphatic carbocycles. The molecule has 2 rings (SSSR count). The van der Waals surface area contributed by atoms with Gasteiger partial charge in [-0.1, -0.05) is 37.8 Å². The zero-order valence-electron chi connectivity index (χ0n) is 10.5. The molecule has 1 aromatic heterocycles. The van der Waals surface area contributed by atoms with Crippen LogP contribution in [0.25, 0.3) is 0 Å². The van der Waals surface area contributed by atoms with E-state index < -0.39 is 0 Å². The summed E-state index contributed by atoms with van der Waals surface area (Å²) in [5, 5.41) is 5.01. The van der Waals surface area contributed by atoms with E-state index >= 15 is 0 Å². The van der Waals surface area contributed by atoms with Crippen molar-refractivity contribution in [1.29, 1.82) is 0 Å². The summed E-state index contributed by atoms with van der Waals surface area (Å²) in [6, 6.07) is 0. The summed E-state index contributed by atoms with van der Waals surface area (Å²) in [5.41, 5.74) is 1.76. The van der Waals surface area contributed by atoms with Crippen molar-refractivity contribution in [3.63, 3.8) is 0 Å². The second-order valence-corrected chi connectivity index (χ2v) is 5.28. The van der Waals surface area contributed by atoms with Gasteiger partial charge in [-0.15, -0.1) is 0 Å². The van der Waals surface area contributed by atoms with Crippen LogP contribution in [0.5, 0.6) is 0 Å². The monoisotopic (exact) mass is 254 g/mol. The molecule has 0 bridgehead atoms. The van der Waals surface area contributed by atoms with E-state index in [-0.39, 0.29) is 0 Å². The highest BCUT2D eigenvalue weighted by Gasteiger charge is 2.22. The first-order valence-corrected chi connectivity index (χ1v) is 6.71. The maximum atomic E-state index is 11.9. The fourth-order valence-corrected chi connectivity index (χ4v) is 2.65. The number of hydrogen-bond acceptors (Lipinski definition) is 2. The lowest BCUT2D eigenvalue weighted by molar-refractivity contribution is -0.120. The summed E-state index contributed by atoms with van der Waals surface area (Å²) in [7, 11) is 1.86. The van der Waals surface area contributed by atoms with Crippen LogP contribution in [0.4, 0.5) is 0 Å². The molecule has 17 heavy (non-hydrogen) atoms. The highest BCUT2D eigenvalue weighted by Crippen LogP contribution is 2.30. The summed E-state index contributed by atoms with van der Waals surface area (Å²) in [6.07, 6.45) is 5.66. The normalized spacial score (nSPS) is 15.9. The number of carbonyl (C=O) groups is 1. The predicted octanol–water partition coefficient (Wildman–Crippen LogP) is 2.94. The molecule has 1 saturated carbocycles. The second-order valence-electron chi connectivity index (χ2n) is 4.90. The molecule has 0 atom stereocenters. The molecule has 0 aromatic carbocycles. The molecule has 4 heteroatoms. The van der Waals surface area contributed by atoms with Crippen LogP contribution in [-0.4, -0.2) is 15.6 Å². The molecular formula is C13H19ClN2O. The minimum absolute atomic E-state index is 0.294. The number of rotatable bonds is 5. The van der Waals surface area contributed by atoms with Crippen LogP contribution in [-0.2, 0) is 24.7 Å². The lowest BCUT2D eigenvalue weighted by Crippen LogP contribution is -2.18. The van der Waals surface area contributed by atoms with E-state index in [4.69, 9.17) is 11.6 Å². The van der Waals surface area contributed by atoms with Crippen molar-refractivity contribution < 1.29 is 4.79 Å². The molecule has 1 aliphatic rings. The van der Waals surface area contributed by atoms with Crippen molar-refractivity contribution in [1.82, 2.24) is 9.78 Å². The van der Waals surface area contributed by atoms with Crippen LogP contribution in [0.15, 0.2) is 0 Å². The van der Waals surface area contributed by atoms with E-state index in [0.29, 0.717) is 29.6 Å². The molecule has 1 aromatic rings. The van der Waals surface area contributed by atoms with Gasteiger partial charge in [0.05, 0.1) is 16.4 Å². The Morgan fingerprint density at radius 2 is 2.24 bits per heavy atom. The standard InChI is InChI=1S/C13H19ClN2O/c1-3-11-13(14)12(16(2)15-11)8-10(17)7-9-5-4-6-9/h9H,3-8H2,1-2H3. The Labute approximate surface area is 107 Å². The minimum atomic E-state index is 0.294. The minimum Gasteiger partial charge on any atom is -0.299 e. The van der Waals surface area contributed by atoms with Crippen LogP contribution >= 0.6 is 11.6 Å². The van der Waals surface area contributed by atoms with Crippen molar-refractivity contribution >= 4 is 17.4 Å². The SMILES string of the molecule is CCc1nn(C)c(CC(=O)CC2CCC2)c1Cl. The smallest absolute Gasteiger partial charge is 0.139 e. The summed E-state index contributed by atoms with van der Waals surface area (Å²) >= 11 is 6.22. The van der Waals surface area contributed by atoms with Gasteiger partial charge in [0.1, 0.15) is 5.78 Å². The molecular weight excluding hydrogens is 236 g/mol. The molecule has 0 radical (unpaired) electrons. The van der Waals surface area contributed by atoms with Crippen LogP contribution in [0, 0.1) is 5.92 Å². The number of hydrogen-bond donors (Lipinski definition) is 0. The Hall–Kier alpha value is -0.830. The maximum absolute atomic E-state index is 11.9. The molecule has 0 saturated heterocycles. The topological polar surface area (TPSA) is 34.9 Å². The first-order valence-electron chi connectivity index (χ1n) is 6.33. The third kappa shape index (κ3) is 2.71. The average molecular weight is 255 g/mol. The molecule has 1 heterocycles. The van der Waals surface area contributed by atoms with Crippen LogP contribution in [0.2, 0.25) is 5.02 Å². The van der Waals surface area contributed by atoms with Crippen molar-refractivity contribution in [2.24, 2.45) is 13.0 Å². The van der Waals surface area contributed by atoms with Gasteiger partial charge in [-0.05, 0) is 12.3 Å². The Morgan fingerprint density at radius 1 is 1.53 bits per heavy atom. The molecule has 1 fully saturated rings. The fourth-order valence-electron chi connectivity index (χ4n) is 2.29. The van der Waals surface area contributed by atoms with Crippen LogP contribution < -0.4 is 0 Å². The van der Waals surface area contributed by atoms with E-state index in [2.05, 4.69) is 5.10 Å². The van der Waals surface area contributed by atoms with Gasteiger partial charge in [-0.3, -0.25) is 9.48 Å². The first kappa shape index (κ1) is 12.6. The molecule has 94 valence electrons. The molecule has 3 nitrogen and oxygen atoms in total. The highest BCUT2D eigenvalue weighted by molar-refractivity contribution is 6.32. The fraction of sp³-hybridized carbons (Fsp3) is 0.692. The third-order valence-electron chi connectivity index (χ3n) is 3.61. The number of halogens is 1. The number of Topliss-reactive ketones (excluding diaryl/α,β-unsaturated/α-hetero) is 1. The zero-order chi connectivity index (χ0) is 12.4. The Balaban J connectivity index is 2.01. The summed E-state index contributed by atoms with van der Waals surface area (Å²) in [6.45, 7) is 2.02. The molecule has 0 aliphatic heterocycles. The largest absolute Gasteiger partial charge is 0.299 e. The number of aromatic nitrogens is 2. The summed E-state index contributed by atoms with van der Waals surface area (Å²) in [4.78, 5) is 11.9.